The molecule has 2 heterocycles. The quantitative estimate of drug-likeness (QED) is 0.660. The molecule has 158 valence electrons. The molecule has 8 nitrogen and oxygen atoms in total. The second-order valence-corrected chi connectivity index (χ2v) is 7.04. The third-order valence-electron chi connectivity index (χ3n) is 5.07. The maximum absolute atomic E-state index is 13.3. The molecule has 0 spiro atoms. The molecule has 31 heavy (non-hydrogen) atoms. The van der Waals surface area contributed by atoms with Crippen molar-refractivity contribution in [3.05, 3.63) is 83.8 Å². The molecule has 1 aromatic heterocycles. The molecule has 0 fully saturated rings. The maximum atomic E-state index is 13.3. The monoisotopic (exact) mass is 418 g/mol. The van der Waals surface area contributed by atoms with E-state index < -0.39 is 6.04 Å². The van der Waals surface area contributed by atoms with E-state index in [1.54, 1.807) is 29.2 Å². The second kappa shape index (κ2) is 9.25. The van der Waals surface area contributed by atoms with Crippen molar-refractivity contribution in [2.75, 3.05) is 20.3 Å². The normalized spacial score (nSPS) is 15.5. The summed E-state index contributed by atoms with van der Waals surface area (Å²) in [5.41, 5.74) is 1.70. The van der Waals surface area contributed by atoms with Gasteiger partial charge in [-0.25, -0.2) is 9.97 Å². The largest absolute Gasteiger partial charge is 0.496 e. The summed E-state index contributed by atoms with van der Waals surface area (Å²) in [4.78, 5) is 35.8. The van der Waals surface area contributed by atoms with Crippen molar-refractivity contribution >= 4 is 11.8 Å². The molecular formula is C23H22N4O4. The SMILES string of the molecule is COc1ccccc1C(=O)NCC1COc2ncncc2C(=O)N1Cc1ccccc1. The Kier molecular flexibility index (Phi) is 6.07. The van der Waals surface area contributed by atoms with E-state index in [-0.39, 0.29) is 30.8 Å². The van der Waals surface area contributed by atoms with E-state index in [2.05, 4.69) is 15.3 Å². The van der Waals surface area contributed by atoms with E-state index in [0.29, 0.717) is 23.4 Å². The van der Waals surface area contributed by atoms with Gasteiger partial charge >= 0.3 is 0 Å². The molecule has 3 aromatic rings. The summed E-state index contributed by atoms with van der Waals surface area (Å²) in [6, 6.07) is 16.2. The standard InChI is InChI=1S/C23H22N4O4/c1-30-20-10-6-5-9-18(20)21(28)25-11-17-14-31-22-19(12-24-15-26-22)23(29)27(17)13-16-7-3-2-4-8-16/h2-10,12,15,17H,11,13-14H2,1H3,(H,25,28). The lowest BCUT2D eigenvalue weighted by Gasteiger charge is -2.29. The smallest absolute Gasteiger partial charge is 0.261 e. The number of ether oxygens (including phenoxy) is 2. The fourth-order valence-corrected chi connectivity index (χ4v) is 3.45. The van der Waals surface area contributed by atoms with E-state index in [0.717, 1.165) is 5.56 Å². The van der Waals surface area contributed by atoms with Crippen LogP contribution in [0.15, 0.2) is 67.1 Å². The fourth-order valence-electron chi connectivity index (χ4n) is 3.45. The molecule has 1 unspecified atom stereocenters. The number of rotatable bonds is 6. The van der Waals surface area contributed by atoms with Gasteiger partial charge in [0.2, 0.25) is 5.88 Å². The summed E-state index contributed by atoms with van der Waals surface area (Å²) >= 11 is 0. The first-order valence-corrected chi connectivity index (χ1v) is 9.86. The van der Waals surface area contributed by atoms with Gasteiger partial charge in [-0.05, 0) is 17.7 Å². The second-order valence-electron chi connectivity index (χ2n) is 7.04. The Bertz CT molecular complexity index is 1070. The Morgan fingerprint density at radius 3 is 2.77 bits per heavy atom. The fraction of sp³-hybridized carbons (Fsp3) is 0.217. The predicted octanol–water partition coefficient (Wildman–Crippen LogP) is 2.32. The third-order valence-corrected chi connectivity index (χ3v) is 5.07. The third kappa shape index (κ3) is 4.48. The Labute approximate surface area is 179 Å². The summed E-state index contributed by atoms with van der Waals surface area (Å²) in [5.74, 6) is 0.202. The van der Waals surface area contributed by atoms with Gasteiger partial charge in [-0.15, -0.1) is 0 Å². The number of amides is 2. The van der Waals surface area contributed by atoms with Crippen LogP contribution in [0.2, 0.25) is 0 Å². The highest BCUT2D eigenvalue weighted by atomic mass is 16.5. The van der Waals surface area contributed by atoms with E-state index in [1.165, 1.54) is 19.6 Å². The molecule has 0 aliphatic carbocycles. The minimum absolute atomic E-state index is 0.189. The number of benzene rings is 2. The Balaban J connectivity index is 1.57. The first kappa shape index (κ1) is 20.3. The lowest BCUT2D eigenvalue weighted by molar-refractivity contribution is 0.0622. The summed E-state index contributed by atoms with van der Waals surface area (Å²) in [5, 5.41) is 2.91. The summed E-state index contributed by atoms with van der Waals surface area (Å²) in [6.45, 7) is 0.762. The molecule has 8 heteroatoms. The first-order valence-electron chi connectivity index (χ1n) is 9.86. The molecule has 1 N–H and O–H groups in total. The van der Waals surface area contributed by atoms with Gasteiger partial charge in [-0.2, -0.15) is 0 Å². The topological polar surface area (TPSA) is 93.6 Å². The van der Waals surface area contributed by atoms with Gasteiger partial charge in [0.25, 0.3) is 11.8 Å². The van der Waals surface area contributed by atoms with Crippen molar-refractivity contribution in [1.29, 1.82) is 0 Å². The minimum Gasteiger partial charge on any atom is -0.496 e. The molecule has 1 aliphatic rings. The molecule has 0 saturated carbocycles. The number of carbonyl (C=O) groups excluding carboxylic acids is 2. The molecule has 1 aliphatic heterocycles. The number of nitrogens with one attached hydrogen (secondary N) is 1. The number of hydrogen-bond acceptors (Lipinski definition) is 6. The van der Waals surface area contributed by atoms with Crippen molar-refractivity contribution in [1.82, 2.24) is 20.2 Å². The van der Waals surface area contributed by atoms with Crippen molar-refractivity contribution in [3.8, 4) is 11.6 Å². The van der Waals surface area contributed by atoms with Crippen LogP contribution in [0.1, 0.15) is 26.3 Å². The van der Waals surface area contributed by atoms with E-state index in [1.807, 2.05) is 30.3 Å². The lowest BCUT2D eigenvalue weighted by Crippen LogP contribution is -2.48. The Morgan fingerprint density at radius 2 is 1.97 bits per heavy atom. The van der Waals surface area contributed by atoms with E-state index >= 15 is 0 Å². The van der Waals surface area contributed by atoms with Gasteiger partial charge in [-0.1, -0.05) is 42.5 Å². The Morgan fingerprint density at radius 1 is 1.19 bits per heavy atom. The molecule has 4 rings (SSSR count). The highest BCUT2D eigenvalue weighted by Crippen LogP contribution is 2.23. The van der Waals surface area contributed by atoms with Crippen LogP contribution in [0.3, 0.4) is 0 Å². The lowest BCUT2D eigenvalue weighted by atomic mass is 10.1. The minimum atomic E-state index is -0.402. The molecule has 1 atom stereocenters. The molecule has 2 amide bonds. The maximum Gasteiger partial charge on any atom is 0.261 e. The van der Waals surface area contributed by atoms with Crippen LogP contribution in [0, 0.1) is 0 Å². The molecule has 0 saturated heterocycles. The van der Waals surface area contributed by atoms with Crippen molar-refractivity contribution in [2.45, 2.75) is 12.6 Å². The number of carbonyl (C=O) groups is 2. The van der Waals surface area contributed by atoms with E-state index in [4.69, 9.17) is 9.47 Å². The van der Waals surface area contributed by atoms with Gasteiger partial charge in [0, 0.05) is 19.3 Å². The van der Waals surface area contributed by atoms with Crippen molar-refractivity contribution < 1.29 is 19.1 Å². The van der Waals surface area contributed by atoms with Crippen LogP contribution < -0.4 is 14.8 Å². The van der Waals surface area contributed by atoms with Crippen molar-refractivity contribution in [2.24, 2.45) is 0 Å². The number of para-hydroxylation sites is 1. The highest BCUT2D eigenvalue weighted by Gasteiger charge is 2.32. The van der Waals surface area contributed by atoms with Gasteiger partial charge in [0.1, 0.15) is 24.2 Å². The zero-order valence-corrected chi connectivity index (χ0v) is 17.0. The van der Waals surface area contributed by atoms with Gasteiger partial charge in [0.05, 0.1) is 18.7 Å². The predicted molar refractivity (Wildman–Crippen MR) is 113 cm³/mol. The first-order chi connectivity index (χ1) is 15.2. The summed E-state index contributed by atoms with van der Waals surface area (Å²) < 4.78 is 11.1. The zero-order valence-electron chi connectivity index (χ0n) is 17.0. The van der Waals surface area contributed by atoms with Crippen LogP contribution in [0.25, 0.3) is 0 Å². The highest BCUT2D eigenvalue weighted by molar-refractivity contribution is 5.98. The van der Waals surface area contributed by atoms with Gasteiger partial charge in [0.15, 0.2) is 0 Å². The van der Waals surface area contributed by atoms with Crippen LogP contribution in [0.5, 0.6) is 11.6 Å². The van der Waals surface area contributed by atoms with Crippen LogP contribution in [-0.2, 0) is 6.54 Å². The van der Waals surface area contributed by atoms with Gasteiger partial charge < -0.3 is 19.7 Å². The number of fused-ring (bicyclic) bond motifs is 1. The van der Waals surface area contributed by atoms with Crippen LogP contribution in [-0.4, -0.2) is 53.0 Å². The molecule has 0 bridgehead atoms. The summed E-state index contributed by atoms with van der Waals surface area (Å²) in [6.07, 6.45) is 2.80. The van der Waals surface area contributed by atoms with Crippen LogP contribution in [0.4, 0.5) is 0 Å². The van der Waals surface area contributed by atoms with Crippen LogP contribution >= 0.6 is 0 Å². The number of hydrogen-bond donors (Lipinski definition) is 1. The average molecular weight is 418 g/mol. The van der Waals surface area contributed by atoms with E-state index in [9.17, 15) is 9.59 Å². The Hall–Kier alpha value is -3.94. The van der Waals surface area contributed by atoms with Crippen molar-refractivity contribution in [3.63, 3.8) is 0 Å². The number of nitrogens with zero attached hydrogens (tertiary/aromatic N) is 3. The number of methoxy groups -OCH3 is 1. The zero-order chi connectivity index (χ0) is 21.6. The number of aromatic nitrogens is 2. The molecule has 0 radical (unpaired) electrons. The average Bonchev–Trinajstić information content (AvgIpc) is 2.95. The molecule has 2 aromatic carbocycles. The van der Waals surface area contributed by atoms with Gasteiger partial charge in [-0.3, -0.25) is 9.59 Å². The molecular weight excluding hydrogens is 396 g/mol. The summed E-state index contributed by atoms with van der Waals surface area (Å²) in [7, 11) is 1.52.